The van der Waals surface area contributed by atoms with Crippen LogP contribution in [0.2, 0.25) is 0 Å². The van der Waals surface area contributed by atoms with E-state index in [0.29, 0.717) is 0 Å². The molecule has 1 saturated heterocycles. The van der Waals surface area contributed by atoms with Gasteiger partial charge in [0.2, 0.25) is 5.91 Å². The minimum Gasteiger partial charge on any atom is -0.302 e. The molecule has 2 aromatic carbocycles. The van der Waals surface area contributed by atoms with Crippen molar-refractivity contribution in [2.24, 2.45) is 5.41 Å². The lowest BCUT2D eigenvalue weighted by atomic mass is 9.87. The molecule has 0 spiro atoms. The molecule has 132 valence electrons. The average molecular weight is 336 g/mol. The fourth-order valence-corrected chi connectivity index (χ4v) is 3.45. The Morgan fingerprint density at radius 2 is 1.76 bits per heavy atom. The quantitative estimate of drug-likeness (QED) is 0.732. The number of carbonyl (C=O) groups is 1. The number of hydrogen-bond acceptors (Lipinski definition) is 2. The van der Waals surface area contributed by atoms with Crippen molar-refractivity contribution in [2.45, 2.75) is 52.9 Å². The van der Waals surface area contributed by atoms with Crippen molar-refractivity contribution in [1.29, 1.82) is 0 Å². The maximum absolute atomic E-state index is 12.0. The van der Waals surface area contributed by atoms with E-state index in [1.807, 2.05) is 13.8 Å². The topological polar surface area (TPSA) is 41.1 Å². The second-order valence-electron chi connectivity index (χ2n) is 7.44. The molecule has 0 unspecified atom stereocenters. The van der Waals surface area contributed by atoms with Gasteiger partial charge in [-0.05, 0) is 54.7 Å². The summed E-state index contributed by atoms with van der Waals surface area (Å²) in [5, 5.41) is 2.57. The molecule has 2 aromatic rings. The molecule has 3 heteroatoms. The van der Waals surface area contributed by atoms with E-state index < -0.39 is 5.41 Å². The van der Waals surface area contributed by atoms with Gasteiger partial charge in [-0.3, -0.25) is 10.2 Å². The fraction of sp³-hybridized carbons (Fsp3) is 0.409. The molecular weight excluding hydrogens is 308 g/mol. The Bertz CT molecular complexity index is 800. The highest BCUT2D eigenvalue weighted by Gasteiger charge is 2.37. The summed E-state index contributed by atoms with van der Waals surface area (Å²) in [5.41, 5.74) is 8.75. The van der Waals surface area contributed by atoms with Crippen LogP contribution in [0.15, 0.2) is 42.1 Å². The van der Waals surface area contributed by atoms with Crippen molar-refractivity contribution < 1.29 is 4.79 Å². The zero-order valence-electron chi connectivity index (χ0n) is 15.5. The average Bonchev–Trinajstić information content (AvgIpc) is 2.85. The molecule has 1 aliphatic rings. The van der Waals surface area contributed by atoms with Crippen LogP contribution in [0.3, 0.4) is 0 Å². The molecule has 3 nitrogen and oxygen atoms in total. The molecule has 0 atom stereocenters. The second-order valence-corrected chi connectivity index (χ2v) is 7.44. The van der Waals surface area contributed by atoms with Crippen LogP contribution in [-0.2, 0) is 11.2 Å². The van der Waals surface area contributed by atoms with E-state index in [1.54, 1.807) is 0 Å². The summed E-state index contributed by atoms with van der Waals surface area (Å²) >= 11 is 0. The molecule has 1 fully saturated rings. The number of rotatable bonds is 6. The Kier molecular flexibility index (Phi) is 5.12. The van der Waals surface area contributed by atoms with Gasteiger partial charge in [0.15, 0.2) is 0 Å². The Balaban J connectivity index is 2.00. The summed E-state index contributed by atoms with van der Waals surface area (Å²) < 4.78 is 0. The normalized spacial score (nSPS) is 17.7. The molecule has 3 rings (SSSR count). The van der Waals surface area contributed by atoms with E-state index in [4.69, 9.17) is 0 Å². The third-order valence-electron chi connectivity index (χ3n) is 5.17. The summed E-state index contributed by atoms with van der Waals surface area (Å²) in [6, 6.07) is 13.0. The molecule has 0 radical (unpaired) electrons. The molecule has 0 aliphatic carbocycles. The summed E-state index contributed by atoms with van der Waals surface area (Å²) in [4.78, 5) is 12.0. The van der Waals surface area contributed by atoms with Crippen LogP contribution in [0.25, 0.3) is 16.8 Å². The van der Waals surface area contributed by atoms with Crippen LogP contribution >= 0.6 is 0 Å². The lowest BCUT2D eigenvalue weighted by Crippen LogP contribution is -2.28. The molecule has 25 heavy (non-hydrogen) atoms. The van der Waals surface area contributed by atoms with Crippen LogP contribution in [-0.4, -0.2) is 5.91 Å². The number of hydrogen-bond donors (Lipinski definition) is 2. The lowest BCUT2D eigenvalue weighted by molar-refractivity contribution is -0.125. The van der Waals surface area contributed by atoms with Gasteiger partial charge >= 0.3 is 0 Å². The van der Waals surface area contributed by atoms with Gasteiger partial charge in [0, 0.05) is 5.70 Å². The molecule has 0 aromatic heterocycles. The summed E-state index contributed by atoms with van der Waals surface area (Å²) in [5.74, 6) is 0.0128. The molecule has 1 heterocycles. The lowest BCUT2D eigenvalue weighted by Gasteiger charge is -2.16. The first kappa shape index (κ1) is 17.5. The number of hydrazine groups is 1. The highest BCUT2D eigenvalue weighted by Crippen LogP contribution is 2.32. The fourth-order valence-electron chi connectivity index (χ4n) is 3.45. The first-order valence-corrected chi connectivity index (χ1v) is 9.33. The Hall–Kier alpha value is -2.29. The first-order valence-electron chi connectivity index (χ1n) is 9.33. The predicted molar refractivity (Wildman–Crippen MR) is 105 cm³/mol. The van der Waals surface area contributed by atoms with Crippen LogP contribution in [0.5, 0.6) is 0 Å². The number of carbonyl (C=O) groups excluding carboxylic acids is 1. The van der Waals surface area contributed by atoms with Gasteiger partial charge in [-0.1, -0.05) is 62.6 Å². The van der Waals surface area contributed by atoms with Crippen molar-refractivity contribution in [1.82, 2.24) is 10.9 Å². The van der Waals surface area contributed by atoms with Gasteiger partial charge < -0.3 is 5.43 Å². The van der Waals surface area contributed by atoms with E-state index in [0.717, 1.165) is 12.1 Å². The highest BCUT2D eigenvalue weighted by atomic mass is 16.2. The zero-order chi connectivity index (χ0) is 17.9. The minimum absolute atomic E-state index is 0.0128. The number of amides is 1. The largest absolute Gasteiger partial charge is 0.302 e. The van der Waals surface area contributed by atoms with Gasteiger partial charge in [-0.2, -0.15) is 0 Å². The van der Waals surface area contributed by atoms with Crippen LogP contribution in [0.4, 0.5) is 0 Å². The second kappa shape index (κ2) is 7.30. The maximum atomic E-state index is 12.0. The van der Waals surface area contributed by atoms with Crippen molar-refractivity contribution in [3.8, 4) is 0 Å². The zero-order valence-corrected chi connectivity index (χ0v) is 15.5. The maximum Gasteiger partial charge on any atom is 0.249 e. The number of benzene rings is 2. The molecule has 0 saturated carbocycles. The number of fused-ring (bicyclic) bond motifs is 1. The molecule has 1 aliphatic heterocycles. The van der Waals surface area contributed by atoms with Gasteiger partial charge in [-0.25, -0.2) is 0 Å². The predicted octanol–water partition coefficient (Wildman–Crippen LogP) is 4.96. The monoisotopic (exact) mass is 336 g/mol. The third kappa shape index (κ3) is 3.55. The Labute approximate surface area is 150 Å². The first-order chi connectivity index (χ1) is 12.0. The Morgan fingerprint density at radius 3 is 2.44 bits per heavy atom. The number of aryl methyl sites for hydroxylation is 1. The highest BCUT2D eigenvalue weighted by molar-refractivity contribution is 5.95. The molecule has 0 bridgehead atoms. The van der Waals surface area contributed by atoms with E-state index in [2.05, 4.69) is 60.2 Å². The van der Waals surface area contributed by atoms with Crippen molar-refractivity contribution >= 4 is 22.8 Å². The minimum atomic E-state index is -0.530. The van der Waals surface area contributed by atoms with E-state index >= 15 is 0 Å². The van der Waals surface area contributed by atoms with Crippen LogP contribution < -0.4 is 10.9 Å². The standard InChI is InChI=1S/C22H28N2O/c1-4-5-6-7-10-16-11-8-12-17-13-9-14-18(20(16)17)15-19-22(2,3)21(25)24-23-19/h8-9,11-15,23H,4-7,10H2,1-3H3,(H,24,25)/b19-15-. The van der Waals surface area contributed by atoms with Crippen LogP contribution in [0, 0.1) is 5.41 Å². The van der Waals surface area contributed by atoms with Crippen molar-refractivity contribution in [3.05, 3.63) is 53.2 Å². The van der Waals surface area contributed by atoms with Gasteiger partial charge in [0.05, 0.1) is 5.41 Å². The third-order valence-corrected chi connectivity index (χ3v) is 5.17. The summed E-state index contributed by atoms with van der Waals surface area (Å²) in [6.07, 6.45) is 8.29. The van der Waals surface area contributed by atoms with Gasteiger partial charge in [-0.15, -0.1) is 0 Å². The smallest absolute Gasteiger partial charge is 0.249 e. The Morgan fingerprint density at radius 1 is 1.00 bits per heavy atom. The molecular formula is C22H28N2O. The van der Waals surface area contributed by atoms with Crippen LogP contribution in [0.1, 0.15) is 57.6 Å². The SMILES string of the molecule is CCCCCCc1cccc2cccc(/C=C3\NNC(=O)C3(C)C)c12. The van der Waals surface area contributed by atoms with E-state index in [1.165, 1.54) is 47.6 Å². The summed E-state index contributed by atoms with van der Waals surface area (Å²) in [7, 11) is 0. The van der Waals surface area contributed by atoms with Gasteiger partial charge in [0.1, 0.15) is 0 Å². The molecule has 2 N–H and O–H groups in total. The molecule has 1 amide bonds. The van der Waals surface area contributed by atoms with E-state index in [-0.39, 0.29) is 5.91 Å². The summed E-state index contributed by atoms with van der Waals surface area (Å²) in [6.45, 7) is 6.14. The van der Waals surface area contributed by atoms with Crippen molar-refractivity contribution in [2.75, 3.05) is 0 Å². The number of unbranched alkanes of at least 4 members (excludes halogenated alkanes) is 3. The van der Waals surface area contributed by atoms with Gasteiger partial charge in [0.25, 0.3) is 0 Å². The number of nitrogens with one attached hydrogen (secondary N) is 2. The van der Waals surface area contributed by atoms with Crippen molar-refractivity contribution in [3.63, 3.8) is 0 Å². The van der Waals surface area contributed by atoms with E-state index in [9.17, 15) is 4.79 Å².